The molecule has 100 valence electrons. The van der Waals surface area contributed by atoms with Crippen molar-refractivity contribution in [1.29, 1.82) is 0 Å². The molecule has 20 heavy (non-hydrogen) atoms. The van der Waals surface area contributed by atoms with Crippen molar-refractivity contribution in [3.05, 3.63) is 42.1 Å². The lowest BCUT2D eigenvalue weighted by Gasteiger charge is -1.95. The zero-order valence-corrected chi connectivity index (χ0v) is 11.0. The van der Waals surface area contributed by atoms with Crippen LogP contribution in [0.5, 0.6) is 0 Å². The summed E-state index contributed by atoms with van der Waals surface area (Å²) >= 11 is 0. The number of nitrogens with one attached hydrogen (secondary N) is 1. The van der Waals surface area contributed by atoms with Crippen LogP contribution in [0.3, 0.4) is 0 Å². The zero-order valence-electron chi connectivity index (χ0n) is 11.0. The molecular weight excluding hydrogens is 250 g/mol. The van der Waals surface area contributed by atoms with Crippen molar-refractivity contribution in [3.63, 3.8) is 0 Å². The number of amides is 1. The average Bonchev–Trinajstić information content (AvgIpc) is 3.24. The van der Waals surface area contributed by atoms with E-state index in [1.54, 1.807) is 6.20 Å². The van der Waals surface area contributed by atoms with Crippen molar-refractivity contribution in [2.75, 3.05) is 0 Å². The summed E-state index contributed by atoms with van der Waals surface area (Å²) < 4.78 is 5.30. The molecule has 2 atom stereocenters. The Bertz CT molecular complexity index is 587. The number of carbonyl (C=O) groups excluding carboxylic acids is 1. The molecule has 0 unspecified atom stereocenters. The van der Waals surface area contributed by atoms with Gasteiger partial charge in [0.2, 0.25) is 0 Å². The molecular formula is C17H15NO2. The van der Waals surface area contributed by atoms with E-state index in [1.807, 2.05) is 36.4 Å². The Hall–Kier alpha value is -2.49. The van der Waals surface area contributed by atoms with Crippen molar-refractivity contribution in [1.82, 2.24) is 5.32 Å². The van der Waals surface area contributed by atoms with Gasteiger partial charge in [-0.05, 0) is 29.9 Å². The van der Waals surface area contributed by atoms with Crippen molar-refractivity contribution in [3.8, 4) is 24.2 Å². The Labute approximate surface area is 119 Å². The maximum Gasteiger partial charge on any atom is 0.255 e. The van der Waals surface area contributed by atoms with Crippen LogP contribution in [-0.4, -0.2) is 18.1 Å². The Balaban J connectivity index is 1.69. The molecule has 1 aromatic carbocycles. The summed E-state index contributed by atoms with van der Waals surface area (Å²) in [4.78, 5) is 11.7. The van der Waals surface area contributed by atoms with E-state index in [2.05, 4.69) is 23.1 Å². The molecule has 0 bridgehead atoms. The monoisotopic (exact) mass is 265 g/mol. The number of benzene rings is 1. The molecule has 0 saturated carbocycles. The Kier molecular flexibility index (Phi) is 5.00. The molecule has 0 spiro atoms. The van der Waals surface area contributed by atoms with Crippen LogP contribution in [0.15, 0.2) is 36.5 Å². The minimum absolute atomic E-state index is 0.0350. The minimum Gasteiger partial charge on any atom is -0.359 e. The highest BCUT2D eigenvalue weighted by atomic mass is 16.6. The molecule has 2 rings (SSSR count). The van der Waals surface area contributed by atoms with Crippen molar-refractivity contribution < 1.29 is 9.53 Å². The molecule has 3 heteroatoms. The quantitative estimate of drug-likeness (QED) is 0.653. The molecule has 1 amide bonds. The first kappa shape index (κ1) is 13.9. The summed E-state index contributed by atoms with van der Waals surface area (Å²) in [5.41, 5.74) is 1.03. The predicted octanol–water partition coefficient (Wildman–Crippen LogP) is 1.96. The third kappa shape index (κ3) is 4.31. The lowest BCUT2D eigenvalue weighted by Crippen LogP contribution is -2.24. The molecule has 1 aromatic rings. The van der Waals surface area contributed by atoms with Gasteiger partial charge in [0, 0.05) is 12.6 Å². The highest BCUT2D eigenvalue weighted by molar-refractivity contribution is 5.85. The van der Waals surface area contributed by atoms with E-state index in [0.29, 0.717) is 6.42 Å². The van der Waals surface area contributed by atoms with Crippen LogP contribution < -0.4 is 5.32 Å². The van der Waals surface area contributed by atoms with Gasteiger partial charge in [-0.3, -0.25) is 4.79 Å². The number of hydrogen-bond acceptors (Lipinski definition) is 2. The highest BCUT2D eigenvalue weighted by Crippen LogP contribution is 2.26. The average molecular weight is 265 g/mol. The second-order valence-corrected chi connectivity index (χ2v) is 4.33. The normalized spacial score (nSPS) is 19.8. The lowest BCUT2D eigenvalue weighted by molar-refractivity contribution is -0.121. The SMILES string of the molecule is C#CC#CCC[C@H]1O[C@@H]1C(=O)NC=Cc1ccccc1. The Morgan fingerprint density at radius 3 is 2.95 bits per heavy atom. The molecule has 0 radical (unpaired) electrons. The van der Waals surface area contributed by atoms with Gasteiger partial charge in [0.05, 0.1) is 6.10 Å². The summed E-state index contributed by atoms with van der Waals surface area (Å²) in [6, 6.07) is 9.76. The molecule has 1 heterocycles. The van der Waals surface area contributed by atoms with Crippen LogP contribution in [-0.2, 0) is 9.53 Å². The van der Waals surface area contributed by atoms with Gasteiger partial charge in [0.15, 0.2) is 6.10 Å². The van der Waals surface area contributed by atoms with Crippen molar-refractivity contribution >= 4 is 12.0 Å². The molecule has 3 nitrogen and oxygen atoms in total. The third-order valence-corrected chi connectivity index (χ3v) is 2.86. The van der Waals surface area contributed by atoms with Crippen LogP contribution >= 0.6 is 0 Å². The van der Waals surface area contributed by atoms with Crippen molar-refractivity contribution in [2.45, 2.75) is 25.0 Å². The number of carbonyl (C=O) groups is 1. The van der Waals surface area contributed by atoms with E-state index in [9.17, 15) is 4.79 Å². The minimum atomic E-state index is -0.358. The van der Waals surface area contributed by atoms with Gasteiger partial charge in [-0.15, -0.1) is 6.42 Å². The largest absolute Gasteiger partial charge is 0.359 e. The molecule has 0 aliphatic carbocycles. The van der Waals surface area contributed by atoms with Crippen LogP contribution in [0.1, 0.15) is 18.4 Å². The van der Waals surface area contributed by atoms with Crippen LogP contribution in [0.4, 0.5) is 0 Å². The first-order valence-electron chi connectivity index (χ1n) is 6.42. The number of rotatable bonds is 5. The summed E-state index contributed by atoms with van der Waals surface area (Å²) in [5, 5.41) is 2.71. The second-order valence-electron chi connectivity index (χ2n) is 4.33. The van der Waals surface area contributed by atoms with E-state index >= 15 is 0 Å². The van der Waals surface area contributed by atoms with Gasteiger partial charge >= 0.3 is 0 Å². The molecule has 1 fully saturated rings. The zero-order chi connectivity index (χ0) is 14.2. The van der Waals surface area contributed by atoms with E-state index in [1.165, 1.54) is 0 Å². The Morgan fingerprint density at radius 2 is 2.20 bits per heavy atom. The lowest BCUT2D eigenvalue weighted by atomic mass is 10.2. The Morgan fingerprint density at radius 1 is 1.40 bits per heavy atom. The first-order chi connectivity index (χ1) is 9.81. The summed E-state index contributed by atoms with van der Waals surface area (Å²) in [6.45, 7) is 0. The van der Waals surface area contributed by atoms with Gasteiger partial charge in [0.25, 0.3) is 5.91 Å². The summed E-state index contributed by atoms with van der Waals surface area (Å²) in [5.74, 6) is 7.49. The molecule has 0 aromatic heterocycles. The maximum absolute atomic E-state index is 11.7. The van der Waals surface area contributed by atoms with E-state index in [-0.39, 0.29) is 18.1 Å². The van der Waals surface area contributed by atoms with Crippen LogP contribution in [0.25, 0.3) is 6.08 Å². The fourth-order valence-electron chi connectivity index (χ4n) is 1.79. The maximum atomic E-state index is 11.7. The van der Waals surface area contributed by atoms with Gasteiger partial charge < -0.3 is 10.1 Å². The molecule has 1 aliphatic heterocycles. The van der Waals surface area contributed by atoms with Crippen LogP contribution in [0, 0.1) is 24.2 Å². The van der Waals surface area contributed by atoms with Gasteiger partial charge in [0.1, 0.15) is 0 Å². The fourth-order valence-corrected chi connectivity index (χ4v) is 1.79. The smallest absolute Gasteiger partial charge is 0.255 e. The van der Waals surface area contributed by atoms with Gasteiger partial charge in [-0.25, -0.2) is 0 Å². The second kappa shape index (κ2) is 7.19. The standard InChI is InChI=1S/C17H15NO2/c1-2-3-4-8-11-15-16(20-15)17(19)18-13-12-14-9-6-5-7-10-14/h1,5-7,9-10,12-13,15-16H,8,11H2,(H,18,19)/t15-,16+/m1/s1. The van der Waals surface area contributed by atoms with Crippen LogP contribution in [0.2, 0.25) is 0 Å². The number of epoxide rings is 1. The topological polar surface area (TPSA) is 41.6 Å². The number of terminal acetylenes is 1. The van der Waals surface area contributed by atoms with E-state index in [0.717, 1.165) is 12.0 Å². The van der Waals surface area contributed by atoms with Gasteiger partial charge in [-0.1, -0.05) is 36.3 Å². The highest BCUT2D eigenvalue weighted by Gasteiger charge is 2.43. The number of ether oxygens (including phenoxy) is 1. The third-order valence-electron chi connectivity index (χ3n) is 2.86. The number of hydrogen-bond donors (Lipinski definition) is 1. The summed E-state index contributed by atoms with van der Waals surface area (Å²) in [6.07, 6.45) is 9.48. The molecule has 1 saturated heterocycles. The summed E-state index contributed by atoms with van der Waals surface area (Å²) in [7, 11) is 0. The molecule has 1 aliphatic rings. The fraction of sp³-hybridized carbons (Fsp3) is 0.235. The molecule has 1 N–H and O–H groups in total. The predicted molar refractivity (Wildman–Crippen MR) is 78.1 cm³/mol. The van der Waals surface area contributed by atoms with Gasteiger partial charge in [-0.2, -0.15) is 0 Å². The van der Waals surface area contributed by atoms with E-state index in [4.69, 9.17) is 11.2 Å². The van der Waals surface area contributed by atoms with E-state index < -0.39 is 0 Å². The van der Waals surface area contributed by atoms with Crippen molar-refractivity contribution in [2.24, 2.45) is 0 Å². The first-order valence-corrected chi connectivity index (χ1v) is 6.42.